The molecule has 2 aromatic carbocycles. The van der Waals surface area contributed by atoms with E-state index in [4.69, 9.17) is 0 Å². The molecule has 0 heterocycles. The number of hydrogen-bond acceptors (Lipinski definition) is 2. The minimum atomic E-state index is -0.536. The van der Waals surface area contributed by atoms with Gasteiger partial charge in [0.15, 0.2) is 0 Å². The highest BCUT2D eigenvalue weighted by Crippen LogP contribution is 2.23. The van der Waals surface area contributed by atoms with E-state index in [0.717, 1.165) is 25.7 Å². The quantitative estimate of drug-likeness (QED) is 0.388. The summed E-state index contributed by atoms with van der Waals surface area (Å²) in [6, 6.07) is 14.7. The fourth-order valence-electron chi connectivity index (χ4n) is 3.06. The molecular weight excluding hydrogens is 578 g/mol. The summed E-state index contributed by atoms with van der Waals surface area (Å²) >= 11 is 4.38. The predicted octanol–water partition coefficient (Wildman–Crippen LogP) is 5.80. The number of nitrogens with zero attached hydrogens (tertiary/aromatic N) is 1. The Morgan fingerprint density at radius 1 is 1.00 bits per heavy atom. The van der Waals surface area contributed by atoms with E-state index < -0.39 is 6.04 Å². The third-order valence-corrected chi connectivity index (χ3v) is 6.37. The standard InChI is InChI=1S/C22H26I2N2O2/c1-4-5-14-26(22(28)16-10-6-7-11-17(16)23)20(15(2)3)21(27)25-19-13-9-8-12-18(19)24/h6-13,15,20H,4-5,14H2,1-3H3,(H,25,27). The zero-order valence-corrected chi connectivity index (χ0v) is 20.7. The van der Waals surface area contributed by atoms with Crippen LogP contribution in [0.15, 0.2) is 48.5 Å². The molecule has 0 aliphatic rings. The lowest BCUT2D eigenvalue weighted by atomic mass is 9.99. The summed E-state index contributed by atoms with van der Waals surface area (Å²) in [5, 5.41) is 3.03. The molecule has 2 amide bonds. The molecule has 2 rings (SSSR count). The molecule has 0 spiro atoms. The maximum atomic E-state index is 13.4. The molecule has 1 N–H and O–H groups in total. The molecule has 0 aromatic heterocycles. The molecule has 0 bridgehead atoms. The first-order valence-corrected chi connectivity index (χ1v) is 11.6. The van der Waals surface area contributed by atoms with E-state index in [0.29, 0.717) is 12.1 Å². The van der Waals surface area contributed by atoms with Gasteiger partial charge in [0.1, 0.15) is 6.04 Å². The number of unbranched alkanes of at least 4 members (excludes halogenated alkanes) is 1. The van der Waals surface area contributed by atoms with Crippen molar-refractivity contribution in [2.75, 3.05) is 11.9 Å². The molecule has 1 atom stereocenters. The van der Waals surface area contributed by atoms with Crippen LogP contribution in [0.3, 0.4) is 0 Å². The van der Waals surface area contributed by atoms with E-state index in [2.05, 4.69) is 57.4 Å². The largest absolute Gasteiger partial charge is 0.326 e. The third kappa shape index (κ3) is 5.92. The number of para-hydroxylation sites is 1. The zero-order chi connectivity index (χ0) is 20.7. The van der Waals surface area contributed by atoms with Gasteiger partial charge in [0, 0.05) is 13.7 Å². The van der Waals surface area contributed by atoms with Crippen LogP contribution >= 0.6 is 45.2 Å². The number of nitrogens with one attached hydrogen (secondary N) is 1. The van der Waals surface area contributed by atoms with Crippen molar-refractivity contribution in [3.8, 4) is 0 Å². The van der Waals surface area contributed by atoms with Crippen molar-refractivity contribution in [3.63, 3.8) is 0 Å². The van der Waals surface area contributed by atoms with Crippen molar-refractivity contribution in [2.45, 2.75) is 39.7 Å². The normalized spacial score (nSPS) is 11.9. The van der Waals surface area contributed by atoms with E-state index in [1.54, 1.807) is 4.90 Å². The molecule has 4 nitrogen and oxygen atoms in total. The van der Waals surface area contributed by atoms with Gasteiger partial charge in [0.2, 0.25) is 5.91 Å². The lowest BCUT2D eigenvalue weighted by Gasteiger charge is -2.34. The topological polar surface area (TPSA) is 49.4 Å². The Morgan fingerprint density at radius 3 is 2.18 bits per heavy atom. The second-order valence-electron chi connectivity index (χ2n) is 6.99. The van der Waals surface area contributed by atoms with Crippen LogP contribution in [0.1, 0.15) is 44.0 Å². The first-order chi connectivity index (χ1) is 13.4. The van der Waals surface area contributed by atoms with Gasteiger partial charge in [-0.3, -0.25) is 9.59 Å². The summed E-state index contributed by atoms with van der Waals surface area (Å²) in [5.41, 5.74) is 1.42. The molecule has 0 radical (unpaired) electrons. The summed E-state index contributed by atoms with van der Waals surface area (Å²) in [6.07, 6.45) is 1.81. The minimum Gasteiger partial charge on any atom is -0.326 e. The average Bonchev–Trinajstić information content (AvgIpc) is 2.66. The number of halogens is 2. The number of anilines is 1. The molecule has 6 heteroatoms. The van der Waals surface area contributed by atoms with Crippen LogP contribution in [-0.4, -0.2) is 29.3 Å². The first-order valence-electron chi connectivity index (χ1n) is 9.47. The van der Waals surface area contributed by atoms with Crippen molar-refractivity contribution in [2.24, 2.45) is 5.92 Å². The van der Waals surface area contributed by atoms with Crippen LogP contribution in [0.5, 0.6) is 0 Å². The van der Waals surface area contributed by atoms with Gasteiger partial charge in [-0.15, -0.1) is 0 Å². The number of amides is 2. The van der Waals surface area contributed by atoms with E-state index >= 15 is 0 Å². The summed E-state index contributed by atoms with van der Waals surface area (Å²) in [4.78, 5) is 28.3. The number of carbonyl (C=O) groups is 2. The van der Waals surface area contributed by atoms with Crippen LogP contribution in [0.2, 0.25) is 0 Å². The molecular formula is C22H26I2N2O2. The van der Waals surface area contributed by atoms with Crippen LogP contribution < -0.4 is 5.32 Å². The molecule has 28 heavy (non-hydrogen) atoms. The minimum absolute atomic E-state index is 0.0106. The summed E-state index contributed by atoms with van der Waals surface area (Å²) in [7, 11) is 0. The van der Waals surface area contributed by atoms with Crippen molar-refractivity contribution in [3.05, 3.63) is 61.2 Å². The van der Waals surface area contributed by atoms with Gasteiger partial charge in [0.25, 0.3) is 5.91 Å². The van der Waals surface area contributed by atoms with E-state index in [-0.39, 0.29) is 17.7 Å². The molecule has 2 aromatic rings. The number of carbonyl (C=O) groups excluding carboxylic acids is 2. The Morgan fingerprint density at radius 2 is 1.61 bits per heavy atom. The second kappa shape index (κ2) is 11.1. The molecule has 0 saturated carbocycles. The average molecular weight is 604 g/mol. The predicted molar refractivity (Wildman–Crippen MR) is 132 cm³/mol. The first kappa shape index (κ1) is 23.1. The molecule has 0 aliphatic heterocycles. The van der Waals surface area contributed by atoms with Crippen molar-refractivity contribution < 1.29 is 9.59 Å². The van der Waals surface area contributed by atoms with E-state index in [1.165, 1.54) is 0 Å². The maximum Gasteiger partial charge on any atom is 0.255 e. The van der Waals surface area contributed by atoms with Gasteiger partial charge in [-0.25, -0.2) is 0 Å². The van der Waals surface area contributed by atoms with E-state index in [1.807, 2.05) is 62.4 Å². The zero-order valence-electron chi connectivity index (χ0n) is 16.4. The van der Waals surface area contributed by atoms with Crippen molar-refractivity contribution >= 4 is 62.7 Å². The smallest absolute Gasteiger partial charge is 0.255 e. The van der Waals surface area contributed by atoms with Gasteiger partial charge in [-0.2, -0.15) is 0 Å². The van der Waals surface area contributed by atoms with Crippen LogP contribution in [0.25, 0.3) is 0 Å². The number of benzene rings is 2. The third-order valence-electron chi connectivity index (χ3n) is 4.49. The van der Waals surface area contributed by atoms with E-state index in [9.17, 15) is 9.59 Å². The highest BCUT2D eigenvalue weighted by atomic mass is 127. The van der Waals surface area contributed by atoms with Crippen molar-refractivity contribution in [1.82, 2.24) is 4.90 Å². The van der Waals surface area contributed by atoms with Crippen LogP contribution in [0.4, 0.5) is 5.69 Å². The highest BCUT2D eigenvalue weighted by molar-refractivity contribution is 14.1. The monoisotopic (exact) mass is 604 g/mol. The molecule has 1 unspecified atom stereocenters. The Bertz CT molecular complexity index is 824. The Kier molecular flexibility index (Phi) is 9.20. The Labute approximate surface area is 194 Å². The highest BCUT2D eigenvalue weighted by Gasteiger charge is 2.33. The molecule has 0 saturated heterocycles. The Hall–Kier alpha value is -1.16. The molecule has 0 fully saturated rings. The van der Waals surface area contributed by atoms with Gasteiger partial charge in [0.05, 0.1) is 11.3 Å². The maximum absolute atomic E-state index is 13.4. The van der Waals surface area contributed by atoms with Gasteiger partial charge >= 0.3 is 0 Å². The molecule has 150 valence electrons. The summed E-state index contributed by atoms with van der Waals surface area (Å²) in [5.74, 6) is -0.242. The van der Waals surface area contributed by atoms with Gasteiger partial charge < -0.3 is 10.2 Å². The fraction of sp³-hybridized carbons (Fsp3) is 0.364. The lowest BCUT2D eigenvalue weighted by molar-refractivity contribution is -0.122. The SMILES string of the molecule is CCCCN(C(=O)c1ccccc1I)C(C(=O)Nc1ccccc1I)C(C)C. The summed E-state index contributed by atoms with van der Waals surface area (Å²) < 4.78 is 1.87. The van der Waals surface area contributed by atoms with Gasteiger partial charge in [-0.05, 0) is 81.8 Å². The fourth-order valence-corrected chi connectivity index (χ4v) is 4.20. The lowest BCUT2D eigenvalue weighted by Crippen LogP contribution is -2.50. The second-order valence-corrected chi connectivity index (χ2v) is 9.31. The summed E-state index contributed by atoms with van der Waals surface area (Å²) in [6.45, 7) is 6.62. The Balaban J connectivity index is 2.36. The van der Waals surface area contributed by atoms with Crippen LogP contribution in [-0.2, 0) is 4.79 Å². The van der Waals surface area contributed by atoms with Gasteiger partial charge in [-0.1, -0.05) is 51.5 Å². The van der Waals surface area contributed by atoms with Crippen LogP contribution in [0, 0.1) is 13.1 Å². The number of rotatable bonds is 8. The molecule has 0 aliphatic carbocycles. The number of hydrogen-bond donors (Lipinski definition) is 1. The van der Waals surface area contributed by atoms with Crippen molar-refractivity contribution in [1.29, 1.82) is 0 Å².